The largest absolute Gasteiger partial charge is 0.471 e. The Balaban J connectivity index is 2.24. The quantitative estimate of drug-likeness (QED) is 0.0430. The van der Waals surface area contributed by atoms with Crippen LogP contribution in [0.15, 0.2) is 41.5 Å². The van der Waals surface area contributed by atoms with Gasteiger partial charge in [-0.25, -0.2) is 9.59 Å². The third-order valence-electron chi connectivity index (χ3n) is 12.7. The van der Waals surface area contributed by atoms with Crippen molar-refractivity contribution in [2.75, 3.05) is 55.8 Å². The molecule has 75 heavy (non-hydrogen) atoms. The topological polar surface area (TPSA) is 262 Å². The van der Waals surface area contributed by atoms with Crippen LogP contribution in [0.4, 0.5) is 13.2 Å². The fourth-order valence-corrected chi connectivity index (χ4v) is 9.52. The van der Waals surface area contributed by atoms with E-state index in [0.717, 1.165) is 42.7 Å². The number of halogens is 3. The summed E-state index contributed by atoms with van der Waals surface area (Å²) in [6.07, 6.45) is -11.6. The number of aromatic nitrogens is 2. The maximum Gasteiger partial charge on any atom is 0.471 e. The summed E-state index contributed by atoms with van der Waals surface area (Å²) >= 11 is 0. The van der Waals surface area contributed by atoms with Gasteiger partial charge in [-0.1, -0.05) is 50.0 Å². The second kappa shape index (κ2) is 26.8. The van der Waals surface area contributed by atoms with Crippen LogP contribution >= 0.6 is 0 Å². The summed E-state index contributed by atoms with van der Waals surface area (Å²) in [5, 5.41) is 0. The molecule has 0 fully saturated rings. The number of nitrogens with zero attached hydrogens (tertiary/aromatic N) is 1. The average molecular weight is 1080 g/mol. The number of alkyl halides is 3. The summed E-state index contributed by atoms with van der Waals surface area (Å²) in [5.74, 6) is -9.55. The number of esters is 8. The second-order valence-electron chi connectivity index (χ2n) is 18.7. The molecule has 1 unspecified atom stereocenters. The Morgan fingerprint density at radius 2 is 1.04 bits per heavy atom. The highest BCUT2D eigenvalue weighted by molar-refractivity contribution is 6.76. The van der Waals surface area contributed by atoms with Crippen molar-refractivity contribution in [1.82, 2.24) is 14.9 Å². The molecule has 3 aromatic rings. The molecule has 1 atom stereocenters. The third-order valence-corrected chi connectivity index (χ3v) is 14.4. The molecular weight excluding hydrogens is 1010 g/mol. The minimum Gasteiger partial charge on any atom is -0.469 e. The third kappa shape index (κ3) is 16.1. The fraction of sp³-hybridized carbons (Fsp3) is 0.510. The van der Waals surface area contributed by atoms with Crippen molar-refractivity contribution >= 4 is 61.7 Å². The highest BCUT2D eigenvalue weighted by Crippen LogP contribution is 2.47. The van der Waals surface area contributed by atoms with Crippen molar-refractivity contribution in [2.45, 2.75) is 115 Å². The van der Waals surface area contributed by atoms with Gasteiger partial charge >= 0.3 is 59.8 Å². The van der Waals surface area contributed by atoms with E-state index in [1.807, 2.05) is 19.6 Å². The number of aromatic amines is 2. The minimum absolute atomic E-state index is 0.0127. The molecule has 1 aliphatic rings. The van der Waals surface area contributed by atoms with Crippen LogP contribution in [0.3, 0.4) is 0 Å². The molecule has 0 aliphatic carbocycles. The van der Waals surface area contributed by atoms with Gasteiger partial charge in [-0.2, -0.15) is 13.2 Å². The van der Waals surface area contributed by atoms with Crippen molar-refractivity contribution in [3.05, 3.63) is 92.1 Å². The fourth-order valence-electron chi connectivity index (χ4n) is 8.81. The lowest BCUT2D eigenvalue weighted by molar-refractivity contribution is -0.189. The normalized spacial score (nSPS) is 14.5. The van der Waals surface area contributed by atoms with Crippen LogP contribution in [-0.4, -0.2) is 144 Å². The number of benzene rings is 1. The van der Waals surface area contributed by atoms with Crippen LogP contribution < -0.4 is 0 Å². The van der Waals surface area contributed by atoms with E-state index in [2.05, 4.69) is 9.97 Å². The molecule has 4 rings (SSSR count). The molecule has 0 saturated heterocycles. The van der Waals surface area contributed by atoms with Crippen molar-refractivity contribution in [3.63, 3.8) is 0 Å². The number of hydrogen-bond donors (Lipinski definition) is 2. The van der Waals surface area contributed by atoms with Crippen LogP contribution in [0.1, 0.15) is 92.3 Å². The smallest absolute Gasteiger partial charge is 0.469 e. The van der Waals surface area contributed by atoms with Gasteiger partial charge in [0.15, 0.2) is 0 Å². The lowest BCUT2D eigenvalue weighted by Crippen LogP contribution is -2.57. The molecule has 2 N–H and O–H groups in total. The van der Waals surface area contributed by atoms with E-state index in [9.17, 15) is 43.2 Å². The minimum atomic E-state index is -5.63. The second-order valence-corrected chi connectivity index (χ2v) is 24.3. The zero-order chi connectivity index (χ0) is 55.8. The number of rotatable bonds is 26. The van der Waals surface area contributed by atoms with Gasteiger partial charge in [-0.05, 0) is 64.3 Å². The van der Waals surface area contributed by atoms with E-state index in [-0.39, 0.29) is 95.1 Å². The van der Waals surface area contributed by atoms with Crippen LogP contribution in [-0.2, 0) is 117 Å². The van der Waals surface area contributed by atoms with E-state index >= 15 is 13.2 Å². The van der Waals surface area contributed by atoms with Crippen LogP contribution in [0.25, 0.3) is 0 Å². The zero-order valence-electron chi connectivity index (χ0n) is 43.5. The van der Waals surface area contributed by atoms with Crippen LogP contribution in [0.2, 0.25) is 25.7 Å². The Kier molecular flexibility index (Phi) is 21.6. The standard InChI is InChI=1S/C51H64F3N3O17Si/c1-67-39(58)18-15-31-28-57(49(66)51(52,53)54)50(36(31)25-44(63)72-6,27-38-34(23-42(61)70-4)33(17-20-41(60)69-3)45(56-38)47(64)73-21-22-75(7,8)9)26-37-32(16-19-40(59)68-2)35(24-43(62)71-5)46(55-37)48(65)74-29-30-13-11-10-12-14-30/h10-14,55-56H,15-29H2,1-9H3. The lowest BCUT2D eigenvalue weighted by Gasteiger charge is -2.42. The predicted octanol–water partition coefficient (Wildman–Crippen LogP) is 5.58. The van der Waals surface area contributed by atoms with Gasteiger partial charge in [-0.3, -0.25) is 33.6 Å². The summed E-state index contributed by atoms with van der Waals surface area (Å²) in [7, 11) is 4.65. The highest BCUT2D eigenvalue weighted by atomic mass is 28.3. The molecule has 410 valence electrons. The van der Waals surface area contributed by atoms with Gasteiger partial charge in [-0.15, -0.1) is 0 Å². The Morgan fingerprint density at radius 3 is 1.55 bits per heavy atom. The van der Waals surface area contributed by atoms with E-state index in [0.29, 0.717) is 16.5 Å². The Bertz CT molecular complexity index is 2630. The maximum atomic E-state index is 15.3. The van der Waals surface area contributed by atoms with Gasteiger partial charge in [0.2, 0.25) is 0 Å². The first kappa shape index (κ1) is 60.3. The number of ether oxygens (including phenoxy) is 8. The van der Waals surface area contributed by atoms with Crippen molar-refractivity contribution in [1.29, 1.82) is 0 Å². The van der Waals surface area contributed by atoms with Gasteiger partial charge in [0.05, 0.1) is 74.1 Å². The van der Waals surface area contributed by atoms with Gasteiger partial charge in [0, 0.05) is 58.1 Å². The summed E-state index contributed by atoms with van der Waals surface area (Å²) in [4.78, 5) is 128. The number of amides is 1. The molecule has 1 aromatic carbocycles. The van der Waals surface area contributed by atoms with Crippen molar-refractivity contribution in [3.8, 4) is 0 Å². The first-order valence-electron chi connectivity index (χ1n) is 23.7. The molecule has 3 heterocycles. The summed E-state index contributed by atoms with van der Waals surface area (Å²) < 4.78 is 87.2. The first-order valence-corrected chi connectivity index (χ1v) is 27.4. The Hall–Kier alpha value is -7.24. The molecule has 0 spiro atoms. The van der Waals surface area contributed by atoms with E-state index in [4.69, 9.17) is 37.9 Å². The summed E-state index contributed by atoms with van der Waals surface area (Å²) in [5.41, 5.74) is -3.18. The lowest BCUT2D eigenvalue weighted by atomic mass is 9.76. The summed E-state index contributed by atoms with van der Waals surface area (Å²) in [6.45, 7) is 4.92. The molecule has 1 aliphatic heterocycles. The number of nitrogens with one attached hydrogen (secondary N) is 2. The summed E-state index contributed by atoms with van der Waals surface area (Å²) in [6, 6.07) is 8.98. The molecular formula is C51H64F3N3O17Si. The zero-order valence-corrected chi connectivity index (χ0v) is 44.5. The monoisotopic (exact) mass is 1080 g/mol. The van der Waals surface area contributed by atoms with Crippen LogP contribution in [0, 0.1) is 0 Å². The van der Waals surface area contributed by atoms with Crippen molar-refractivity contribution < 1.29 is 94.2 Å². The van der Waals surface area contributed by atoms with E-state index in [1.54, 1.807) is 30.3 Å². The molecule has 20 nitrogen and oxygen atoms in total. The highest BCUT2D eigenvalue weighted by Gasteiger charge is 2.57. The number of H-pyrrole nitrogens is 2. The molecule has 1 amide bonds. The Morgan fingerprint density at radius 1 is 0.587 bits per heavy atom. The van der Waals surface area contributed by atoms with E-state index in [1.165, 1.54) is 0 Å². The number of hydrogen-bond acceptors (Lipinski definition) is 17. The SMILES string of the molecule is COC(=O)CCC1=C(CC(=O)OC)C(Cc2[nH]c(C(=O)OCC[Si](C)(C)C)c(CCC(=O)OC)c2CC(=O)OC)(Cc2[nH]c(C(=O)OCc3ccccc3)c(CC(=O)OC)c2CCC(=O)OC)N(C(=O)C(F)(F)F)C1. The molecule has 0 bridgehead atoms. The molecule has 2 aromatic heterocycles. The van der Waals surface area contributed by atoms with Crippen molar-refractivity contribution in [2.24, 2.45) is 0 Å². The number of carbonyl (C=O) groups is 9. The van der Waals surface area contributed by atoms with E-state index < -0.39 is 125 Å². The predicted molar refractivity (Wildman–Crippen MR) is 261 cm³/mol. The molecule has 0 radical (unpaired) electrons. The number of methoxy groups -OCH3 is 6. The maximum absolute atomic E-state index is 15.3. The Labute approximate surface area is 432 Å². The average Bonchev–Trinajstić information content (AvgIpc) is 3.99. The molecule has 24 heteroatoms. The van der Waals surface area contributed by atoms with Gasteiger partial charge < -0.3 is 52.8 Å². The van der Waals surface area contributed by atoms with Gasteiger partial charge in [0.1, 0.15) is 18.0 Å². The van der Waals surface area contributed by atoms with Gasteiger partial charge in [0.25, 0.3) is 0 Å². The molecule has 0 saturated carbocycles. The number of carbonyl (C=O) groups excluding carboxylic acids is 9. The van der Waals surface area contributed by atoms with Crippen LogP contribution in [0.5, 0.6) is 0 Å². The first-order chi connectivity index (χ1) is 35.4.